The van der Waals surface area contributed by atoms with E-state index in [4.69, 9.17) is 17.3 Å². The number of hydrogen-bond donors (Lipinski definition) is 1. The predicted molar refractivity (Wildman–Crippen MR) is 68.7 cm³/mol. The fraction of sp³-hybridized carbons (Fsp3) is 0.700. The Labute approximate surface area is 112 Å². The van der Waals surface area contributed by atoms with Crippen molar-refractivity contribution in [3.05, 3.63) is 11.2 Å². The molecule has 18 heavy (non-hydrogen) atoms. The predicted octanol–water partition coefficient (Wildman–Crippen LogP) is 0.431. The van der Waals surface area contributed by atoms with Crippen LogP contribution in [0.2, 0.25) is 5.02 Å². The molecule has 2 heterocycles. The highest BCUT2D eigenvalue weighted by Crippen LogP contribution is 2.28. The maximum absolute atomic E-state index is 12.4. The van der Waals surface area contributed by atoms with Crippen LogP contribution in [0.25, 0.3) is 0 Å². The standard InChI is InChI=1S/C10H17ClN4O2S/c1-7(12)8-3-4-15(6-8)18(16,17)10-9(11)5-13-14(10)2/h5,7-8H,3-4,6,12H2,1-2H3. The van der Waals surface area contributed by atoms with Crippen LogP contribution in [0, 0.1) is 5.92 Å². The number of aromatic nitrogens is 2. The van der Waals surface area contributed by atoms with Crippen molar-refractivity contribution in [2.75, 3.05) is 13.1 Å². The maximum Gasteiger partial charge on any atom is 0.261 e. The van der Waals surface area contributed by atoms with E-state index in [1.165, 1.54) is 15.2 Å². The van der Waals surface area contributed by atoms with E-state index in [1.54, 1.807) is 7.05 Å². The van der Waals surface area contributed by atoms with Crippen molar-refractivity contribution < 1.29 is 8.42 Å². The van der Waals surface area contributed by atoms with E-state index in [-0.39, 0.29) is 22.0 Å². The number of halogens is 1. The van der Waals surface area contributed by atoms with Gasteiger partial charge in [0.25, 0.3) is 10.0 Å². The molecule has 0 radical (unpaired) electrons. The fourth-order valence-corrected chi connectivity index (χ4v) is 4.33. The van der Waals surface area contributed by atoms with Crippen LogP contribution in [0.1, 0.15) is 13.3 Å². The normalized spacial score (nSPS) is 23.4. The molecule has 0 amide bonds. The second kappa shape index (κ2) is 4.80. The third kappa shape index (κ3) is 2.27. The molecule has 0 bridgehead atoms. The van der Waals surface area contributed by atoms with Gasteiger partial charge in [0.15, 0.2) is 5.03 Å². The van der Waals surface area contributed by atoms with Crippen LogP contribution in [0.15, 0.2) is 11.2 Å². The summed E-state index contributed by atoms with van der Waals surface area (Å²) in [4.78, 5) is 0. The molecule has 8 heteroatoms. The van der Waals surface area contributed by atoms with Crippen molar-refractivity contribution in [3.63, 3.8) is 0 Å². The van der Waals surface area contributed by atoms with E-state index in [2.05, 4.69) is 5.10 Å². The topological polar surface area (TPSA) is 81.2 Å². The smallest absolute Gasteiger partial charge is 0.261 e. The minimum absolute atomic E-state index is 0.00721. The van der Waals surface area contributed by atoms with E-state index < -0.39 is 10.0 Å². The molecule has 1 aromatic heterocycles. The van der Waals surface area contributed by atoms with Crippen molar-refractivity contribution in [3.8, 4) is 0 Å². The Kier molecular flexibility index (Phi) is 3.68. The molecule has 0 aliphatic carbocycles. The first-order valence-electron chi connectivity index (χ1n) is 5.77. The number of nitrogens with two attached hydrogens (primary N) is 1. The van der Waals surface area contributed by atoms with Crippen molar-refractivity contribution >= 4 is 21.6 Å². The number of nitrogens with zero attached hydrogens (tertiary/aromatic N) is 3. The third-order valence-corrected chi connectivity index (χ3v) is 5.73. The monoisotopic (exact) mass is 292 g/mol. The number of rotatable bonds is 3. The van der Waals surface area contributed by atoms with Gasteiger partial charge in [0.05, 0.1) is 11.2 Å². The molecular weight excluding hydrogens is 276 g/mol. The average molecular weight is 293 g/mol. The summed E-state index contributed by atoms with van der Waals surface area (Å²) in [6, 6.07) is -0.00721. The van der Waals surface area contributed by atoms with Gasteiger partial charge in [-0.2, -0.15) is 9.40 Å². The molecule has 1 aliphatic heterocycles. The number of sulfonamides is 1. The molecule has 6 nitrogen and oxygen atoms in total. The van der Waals surface area contributed by atoms with Crippen molar-refractivity contribution in [1.29, 1.82) is 0 Å². The van der Waals surface area contributed by atoms with Gasteiger partial charge in [0.1, 0.15) is 0 Å². The quantitative estimate of drug-likeness (QED) is 0.876. The van der Waals surface area contributed by atoms with Crippen LogP contribution in [0.4, 0.5) is 0 Å². The zero-order valence-corrected chi connectivity index (χ0v) is 11.9. The summed E-state index contributed by atoms with van der Waals surface area (Å²) in [5, 5.41) is 4.07. The summed E-state index contributed by atoms with van der Waals surface area (Å²) >= 11 is 5.89. The largest absolute Gasteiger partial charge is 0.328 e. The zero-order valence-electron chi connectivity index (χ0n) is 10.4. The Morgan fingerprint density at radius 2 is 2.28 bits per heavy atom. The van der Waals surface area contributed by atoms with Gasteiger partial charge in [-0.3, -0.25) is 4.68 Å². The van der Waals surface area contributed by atoms with Crippen LogP contribution in [-0.4, -0.2) is 41.6 Å². The van der Waals surface area contributed by atoms with Crippen molar-refractivity contribution in [1.82, 2.24) is 14.1 Å². The first-order chi connectivity index (χ1) is 8.34. The first kappa shape index (κ1) is 13.8. The van der Waals surface area contributed by atoms with Crippen LogP contribution < -0.4 is 5.73 Å². The fourth-order valence-electron chi connectivity index (χ4n) is 2.21. The molecule has 2 rings (SSSR count). The Balaban J connectivity index is 2.29. The third-order valence-electron chi connectivity index (χ3n) is 3.36. The summed E-state index contributed by atoms with van der Waals surface area (Å²) in [5.41, 5.74) is 5.82. The van der Waals surface area contributed by atoms with Crippen molar-refractivity contribution in [2.45, 2.75) is 24.4 Å². The van der Waals surface area contributed by atoms with Crippen LogP contribution in [0.5, 0.6) is 0 Å². The lowest BCUT2D eigenvalue weighted by molar-refractivity contribution is 0.425. The van der Waals surface area contributed by atoms with Crippen LogP contribution >= 0.6 is 11.6 Å². The van der Waals surface area contributed by atoms with Gasteiger partial charge in [0.2, 0.25) is 0 Å². The summed E-state index contributed by atoms with van der Waals surface area (Å²) in [6.45, 7) is 2.83. The minimum Gasteiger partial charge on any atom is -0.328 e. The van der Waals surface area contributed by atoms with Gasteiger partial charge < -0.3 is 5.73 Å². The highest BCUT2D eigenvalue weighted by atomic mass is 35.5. The molecule has 2 atom stereocenters. The summed E-state index contributed by atoms with van der Waals surface area (Å²) < 4.78 is 27.6. The Bertz CT molecular complexity index is 521. The molecule has 1 fully saturated rings. The van der Waals surface area contributed by atoms with Gasteiger partial charge in [0, 0.05) is 26.2 Å². The van der Waals surface area contributed by atoms with Gasteiger partial charge >= 0.3 is 0 Å². The van der Waals surface area contributed by atoms with Crippen LogP contribution in [-0.2, 0) is 17.1 Å². The van der Waals surface area contributed by atoms with E-state index in [0.29, 0.717) is 13.1 Å². The molecule has 1 saturated heterocycles. The van der Waals surface area contributed by atoms with E-state index in [9.17, 15) is 8.42 Å². The van der Waals surface area contributed by atoms with E-state index >= 15 is 0 Å². The number of aryl methyl sites for hydroxylation is 1. The maximum atomic E-state index is 12.4. The summed E-state index contributed by atoms with van der Waals surface area (Å²) in [6.07, 6.45) is 2.12. The van der Waals surface area contributed by atoms with Crippen LogP contribution in [0.3, 0.4) is 0 Å². The molecule has 102 valence electrons. The summed E-state index contributed by atoms with van der Waals surface area (Å²) in [5.74, 6) is 0.201. The molecule has 2 N–H and O–H groups in total. The Morgan fingerprint density at radius 1 is 1.61 bits per heavy atom. The van der Waals surface area contributed by atoms with E-state index in [0.717, 1.165) is 6.42 Å². The van der Waals surface area contributed by atoms with Crippen molar-refractivity contribution in [2.24, 2.45) is 18.7 Å². The average Bonchev–Trinajstić information content (AvgIpc) is 2.85. The second-order valence-corrected chi connectivity index (χ2v) is 6.95. The minimum atomic E-state index is -3.58. The lowest BCUT2D eigenvalue weighted by atomic mass is 10.0. The molecule has 1 aromatic rings. The first-order valence-corrected chi connectivity index (χ1v) is 7.59. The molecule has 2 unspecified atom stereocenters. The Morgan fingerprint density at radius 3 is 2.72 bits per heavy atom. The second-order valence-electron chi connectivity index (χ2n) is 4.69. The molecule has 0 aromatic carbocycles. The molecule has 1 aliphatic rings. The lowest BCUT2D eigenvalue weighted by Crippen LogP contribution is -2.34. The number of hydrogen-bond acceptors (Lipinski definition) is 4. The Hall–Kier alpha value is -0.630. The molecule has 0 spiro atoms. The highest BCUT2D eigenvalue weighted by molar-refractivity contribution is 7.89. The van der Waals surface area contributed by atoms with Gasteiger partial charge in [-0.1, -0.05) is 11.6 Å². The molecular formula is C10H17ClN4O2S. The molecule has 0 saturated carbocycles. The van der Waals surface area contributed by atoms with Gasteiger partial charge in [-0.25, -0.2) is 8.42 Å². The van der Waals surface area contributed by atoms with E-state index in [1.807, 2.05) is 6.92 Å². The highest BCUT2D eigenvalue weighted by Gasteiger charge is 2.36. The van der Waals surface area contributed by atoms with Gasteiger partial charge in [-0.05, 0) is 19.3 Å². The summed E-state index contributed by atoms with van der Waals surface area (Å²) in [7, 11) is -2.01. The SMILES string of the molecule is CC(N)C1CCN(S(=O)(=O)c2c(Cl)cnn2C)C1. The zero-order chi connectivity index (χ0) is 13.5. The lowest BCUT2D eigenvalue weighted by Gasteiger charge is -2.18. The van der Waals surface area contributed by atoms with Gasteiger partial charge in [-0.15, -0.1) is 0 Å².